The van der Waals surface area contributed by atoms with Crippen molar-refractivity contribution in [3.05, 3.63) is 44.8 Å². The van der Waals surface area contributed by atoms with Crippen LogP contribution in [0.4, 0.5) is 5.69 Å². The van der Waals surface area contributed by atoms with Gasteiger partial charge in [0.1, 0.15) is 0 Å². The largest absolute Gasteiger partial charge is 0.314 e. The van der Waals surface area contributed by atoms with Gasteiger partial charge >= 0.3 is 5.69 Å². The van der Waals surface area contributed by atoms with Crippen molar-refractivity contribution in [3.63, 3.8) is 0 Å². The van der Waals surface area contributed by atoms with Gasteiger partial charge in [0.25, 0.3) is 0 Å². The first kappa shape index (κ1) is 10.7. The van der Waals surface area contributed by atoms with Crippen LogP contribution in [-0.4, -0.2) is 19.7 Å². The van der Waals surface area contributed by atoms with Crippen molar-refractivity contribution < 1.29 is 4.92 Å². The van der Waals surface area contributed by atoms with Gasteiger partial charge in [0.2, 0.25) is 5.82 Å². The topological polar surface area (TPSA) is 73.8 Å². The molecule has 0 saturated carbocycles. The van der Waals surface area contributed by atoms with Gasteiger partial charge in [0.15, 0.2) is 0 Å². The Hall–Kier alpha value is -1.76. The van der Waals surface area contributed by atoms with Gasteiger partial charge in [0, 0.05) is 22.9 Å². The Balaban J connectivity index is 2.60. The monoisotopic (exact) mass is 282 g/mol. The molecule has 7 heteroatoms. The average Bonchev–Trinajstić information content (AvgIpc) is 2.64. The van der Waals surface area contributed by atoms with E-state index in [1.807, 2.05) is 0 Å². The van der Waals surface area contributed by atoms with Crippen LogP contribution in [0.2, 0.25) is 0 Å². The van der Waals surface area contributed by atoms with E-state index >= 15 is 0 Å². The minimum absolute atomic E-state index is 0.0857. The molecule has 0 aromatic carbocycles. The summed E-state index contributed by atoms with van der Waals surface area (Å²) in [4.78, 5) is 14.4. The number of rotatable bonds is 2. The second-order valence-corrected chi connectivity index (χ2v) is 4.07. The van der Waals surface area contributed by atoms with Gasteiger partial charge in [0.05, 0.1) is 10.6 Å². The lowest BCUT2D eigenvalue weighted by Crippen LogP contribution is -2.03. The van der Waals surface area contributed by atoms with Crippen molar-refractivity contribution in [2.24, 2.45) is 0 Å². The van der Waals surface area contributed by atoms with Gasteiger partial charge in [-0.2, -0.15) is 5.10 Å². The molecule has 0 fully saturated rings. The molecule has 82 valence electrons. The van der Waals surface area contributed by atoms with E-state index in [4.69, 9.17) is 0 Å². The van der Waals surface area contributed by atoms with Gasteiger partial charge in [-0.1, -0.05) is 0 Å². The highest BCUT2D eigenvalue weighted by Crippen LogP contribution is 2.23. The molecule has 0 amide bonds. The zero-order chi connectivity index (χ0) is 11.7. The lowest BCUT2D eigenvalue weighted by molar-refractivity contribution is -0.385. The molecule has 6 nitrogen and oxygen atoms in total. The number of nitrogens with zero attached hydrogens (tertiary/aromatic N) is 4. The molecular formula is C9H7BrN4O2. The van der Waals surface area contributed by atoms with Crippen LogP contribution in [-0.2, 0) is 0 Å². The Labute approximate surface area is 99.2 Å². The normalized spacial score (nSPS) is 10.4. The van der Waals surface area contributed by atoms with Crippen LogP contribution < -0.4 is 0 Å². The van der Waals surface area contributed by atoms with Gasteiger partial charge < -0.3 is 0 Å². The highest BCUT2D eigenvalue weighted by atomic mass is 79.9. The van der Waals surface area contributed by atoms with Crippen LogP contribution in [0, 0.1) is 17.0 Å². The van der Waals surface area contributed by atoms with E-state index < -0.39 is 4.92 Å². The van der Waals surface area contributed by atoms with Gasteiger partial charge in [-0.15, -0.1) is 0 Å². The molecule has 2 aromatic heterocycles. The Morgan fingerprint density at radius 2 is 2.31 bits per heavy atom. The van der Waals surface area contributed by atoms with Crippen molar-refractivity contribution >= 4 is 21.6 Å². The molecule has 2 aromatic rings. The van der Waals surface area contributed by atoms with Crippen molar-refractivity contribution in [2.75, 3.05) is 0 Å². The standard InChI is InChI=1S/C9H7BrN4O2/c1-6-2-3-13(12-6)9-8(14(15)16)4-7(10)5-11-9/h2-5H,1H3. The molecule has 0 radical (unpaired) electrons. The predicted molar refractivity (Wildman–Crippen MR) is 60.5 cm³/mol. The first-order chi connectivity index (χ1) is 7.58. The van der Waals surface area contributed by atoms with Gasteiger partial charge in [-0.25, -0.2) is 9.67 Å². The van der Waals surface area contributed by atoms with Crippen LogP contribution >= 0.6 is 15.9 Å². The highest BCUT2D eigenvalue weighted by Gasteiger charge is 2.17. The molecule has 0 unspecified atom stereocenters. The average molecular weight is 283 g/mol. The third-order valence-corrected chi connectivity index (χ3v) is 2.38. The van der Waals surface area contributed by atoms with Crippen LogP contribution in [0.3, 0.4) is 0 Å². The summed E-state index contributed by atoms with van der Waals surface area (Å²) in [7, 11) is 0. The summed E-state index contributed by atoms with van der Waals surface area (Å²) >= 11 is 3.15. The van der Waals surface area contributed by atoms with Crippen LogP contribution in [0.15, 0.2) is 29.0 Å². The Morgan fingerprint density at radius 3 is 2.88 bits per heavy atom. The summed E-state index contributed by atoms with van der Waals surface area (Å²) in [5.41, 5.74) is 0.691. The molecule has 0 atom stereocenters. The fourth-order valence-electron chi connectivity index (χ4n) is 1.27. The molecule has 2 heterocycles. The first-order valence-corrected chi connectivity index (χ1v) is 5.20. The van der Waals surface area contributed by atoms with Gasteiger partial charge in [-0.3, -0.25) is 10.1 Å². The Kier molecular flexibility index (Phi) is 2.69. The van der Waals surface area contributed by atoms with Crippen LogP contribution in [0.1, 0.15) is 5.69 Å². The third-order valence-electron chi connectivity index (χ3n) is 1.95. The summed E-state index contributed by atoms with van der Waals surface area (Å²) < 4.78 is 1.95. The van der Waals surface area contributed by atoms with E-state index in [1.54, 1.807) is 19.2 Å². The third kappa shape index (κ3) is 1.94. The van der Waals surface area contributed by atoms with E-state index in [9.17, 15) is 10.1 Å². The van der Waals surface area contributed by atoms with Crippen LogP contribution in [0.25, 0.3) is 5.82 Å². The van der Waals surface area contributed by atoms with Crippen molar-refractivity contribution in [1.29, 1.82) is 0 Å². The minimum Gasteiger partial charge on any atom is -0.258 e. The molecule has 0 aliphatic carbocycles. The molecule has 16 heavy (non-hydrogen) atoms. The highest BCUT2D eigenvalue weighted by molar-refractivity contribution is 9.10. The Bertz CT molecular complexity index is 552. The predicted octanol–water partition coefficient (Wildman–Crippen LogP) is 2.25. The number of aromatic nitrogens is 3. The van der Waals surface area contributed by atoms with E-state index in [0.29, 0.717) is 4.47 Å². The van der Waals surface area contributed by atoms with E-state index in [0.717, 1.165) is 5.69 Å². The lowest BCUT2D eigenvalue weighted by Gasteiger charge is -2.01. The number of hydrogen-bond donors (Lipinski definition) is 0. The van der Waals surface area contributed by atoms with E-state index in [1.165, 1.54) is 16.9 Å². The summed E-state index contributed by atoms with van der Waals surface area (Å²) in [6, 6.07) is 3.16. The van der Waals surface area contributed by atoms with Crippen molar-refractivity contribution in [1.82, 2.24) is 14.8 Å². The smallest absolute Gasteiger partial charge is 0.258 e. The molecule has 0 saturated heterocycles. The zero-order valence-corrected chi connectivity index (χ0v) is 9.88. The fourth-order valence-corrected chi connectivity index (χ4v) is 1.58. The molecule has 0 N–H and O–H groups in total. The maximum absolute atomic E-state index is 10.9. The zero-order valence-electron chi connectivity index (χ0n) is 8.29. The fraction of sp³-hybridized carbons (Fsp3) is 0.111. The van der Waals surface area contributed by atoms with Gasteiger partial charge in [-0.05, 0) is 28.9 Å². The second kappa shape index (κ2) is 4.01. The molecule has 0 aliphatic heterocycles. The summed E-state index contributed by atoms with van der Waals surface area (Å²) in [6.45, 7) is 1.81. The van der Waals surface area contributed by atoms with E-state index in [-0.39, 0.29) is 11.5 Å². The lowest BCUT2D eigenvalue weighted by atomic mass is 10.4. The van der Waals surface area contributed by atoms with Crippen molar-refractivity contribution in [3.8, 4) is 5.82 Å². The van der Waals surface area contributed by atoms with Crippen LogP contribution in [0.5, 0.6) is 0 Å². The first-order valence-electron chi connectivity index (χ1n) is 4.40. The minimum atomic E-state index is -0.482. The van der Waals surface area contributed by atoms with E-state index in [2.05, 4.69) is 26.0 Å². The quantitative estimate of drug-likeness (QED) is 0.625. The molecule has 2 rings (SSSR count). The number of halogens is 1. The SMILES string of the molecule is Cc1ccn(-c2ncc(Br)cc2[N+](=O)[O-])n1. The molecule has 0 aliphatic rings. The summed E-state index contributed by atoms with van der Waals surface area (Å²) in [5, 5.41) is 14.9. The second-order valence-electron chi connectivity index (χ2n) is 3.16. The van der Waals surface area contributed by atoms with Crippen molar-refractivity contribution in [2.45, 2.75) is 6.92 Å². The molecular weight excluding hydrogens is 276 g/mol. The number of nitro groups is 1. The Morgan fingerprint density at radius 1 is 1.56 bits per heavy atom. The maximum atomic E-state index is 10.9. The molecule has 0 spiro atoms. The number of pyridine rings is 1. The number of hydrogen-bond acceptors (Lipinski definition) is 4. The maximum Gasteiger partial charge on any atom is 0.314 e. The molecule has 0 bridgehead atoms. The number of aryl methyl sites for hydroxylation is 1. The summed E-state index contributed by atoms with van der Waals surface area (Å²) in [5.74, 6) is 0.210. The summed E-state index contributed by atoms with van der Waals surface area (Å²) in [6.07, 6.45) is 3.14.